The van der Waals surface area contributed by atoms with E-state index in [0.29, 0.717) is 38.2 Å². The topological polar surface area (TPSA) is 35.5 Å². The number of alkyl halides is 3. The Bertz CT molecular complexity index is 266. The molecule has 0 aliphatic carbocycles. The lowest BCUT2D eigenvalue weighted by atomic mass is 10.0. The van der Waals surface area contributed by atoms with Gasteiger partial charge in [-0.3, -0.25) is 4.90 Å². The van der Waals surface area contributed by atoms with Crippen molar-refractivity contribution in [3.8, 4) is 0 Å². The van der Waals surface area contributed by atoms with E-state index in [1.807, 2.05) is 6.26 Å². The van der Waals surface area contributed by atoms with Crippen LogP contribution in [0.15, 0.2) is 0 Å². The van der Waals surface area contributed by atoms with Crippen molar-refractivity contribution in [1.29, 1.82) is 0 Å². The molecule has 2 N–H and O–H groups in total. The smallest absolute Gasteiger partial charge is 0.388 e. The number of thioether (sulfide) groups is 1. The van der Waals surface area contributed by atoms with E-state index in [9.17, 15) is 18.3 Å². The van der Waals surface area contributed by atoms with E-state index >= 15 is 0 Å². The SMILES string of the molecule is CSCC(C)(O)CNC1CCN(CC(F)(F)F)CC1. The molecule has 0 bridgehead atoms. The van der Waals surface area contributed by atoms with Crippen LogP contribution in [0.25, 0.3) is 0 Å². The minimum atomic E-state index is -4.11. The van der Waals surface area contributed by atoms with Crippen molar-refractivity contribution in [1.82, 2.24) is 10.2 Å². The molecule has 1 aliphatic rings. The lowest BCUT2D eigenvalue weighted by Gasteiger charge is -2.34. The Hall–Kier alpha value is 0.0200. The maximum absolute atomic E-state index is 12.2. The van der Waals surface area contributed by atoms with Crippen LogP contribution in [0.5, 0.6) is 0 Å². The quantitative estimate of drug-likeness (QED) is 0.783. The normalized spacial score (nSPS) is 22.4. The Morgan fingerprint density at radius 1 is 1.32 bits per heavy atom. The summed E-state index contributed by atoms with van der Waals surface area (Å²) in [5.41, 5.74) is -0.761. The molecule has 1 unspecified atom stereocenters. The zero-order valence-corrected chi connectivity index (χ0v) is 12.3. The molecule has 0 amide bonds. The third-order valence-corrected chi connectivity index (χ3v) is 4.13. The molecule has 0 aromatic rings. The Labute approximate surface area is 116 Å². The molecule has 1 rings (SSSR count). The van der Waals surface area contributed by atoms with Crippen LogP contribution in [0, 0.1) is 0 Å². The van der Waals surface area contributed by atoms with Crippen molar-refractivity contribution < 1.29 is 18.3 Å². The predicted molar refractivity (Wildman–Crippen MR) is 72.5 cm³/mol. The molecular formula is C12H23F3N2OS. The zero-order valence-electron chi connectivity index (χ0n) is 11.5. The number of aliphatic hydroxyl groups is 1. The number of halogens is 3. The third kappa shape index (κ3) is 7.39. The molecule has 1 aliphatic heterocycles. The number of likely N-dealkylation sites (tertiary alicyclic amines) is 1. The van der Waals surface area contributed by atoms with E-state index in [4.69, 9.17) is 0 Å². The summed E-state index contributed by atoms with van der Waals surface area (Å²) in [5, 5.41) is 13.3. The van der Waals surface area contributed by atoms with Crippen molar-refractivity contribution in [2.24, 2.45) is 0 Å². The summed E-state index contributed by atoms with van der Waals surface area (Å²) in [7, 11) is 0. The monoisotopic (exact) mass is 300 g/mol. The maximum atomic E-state index is 12.2. The molecule has 0 aromatic heterocycles. The molecule has 7 heteroatoms. The third-order valence-electron chi connectivity index (χ3n) is 3.22. The van der Waals surface area contributed by atoms with Crippen LogP contribution < -0.4 is 5.32 Å². The molecule has 1 atom stereocenters. The van der Waals surface area contributed by atoms with Gasteiger partial charge in [-0.25, -0.2) is 0 Å². The van der Waals surface area contributed by atoms with E-state index in [1.54, 1.807) is 18.7 Å². The number of rotatable bonds is 6. The van der Waals surface area contributed by atoms with Crippen LogP contribution in [0.2, 0.25) is 0 Å². The Morgan fingerprint density at radius 2 is 1.89 bits per heavy atom. The van der Waals surface area contributed by atoms with Gasteiger partial charge in [0.1, 0.15) is 0 Å². The van der Waals surface area contributed by atoms with Gasteiger partial charge in [0.25, 0.3) is 0 Å². The lowest BCUT2D eigenvalue weighted by Crippen LogP contribution is -2.49. The first kappa shape index (κ1) is 17.1. The van der Waals surface area contributed by atoms with E-state index in [2.05, 4.69) is 5.32 Å². The van der Waals surface area contributed by atoms with Gasteiger partial charge in [-0.15, -0.1) is 0 Å². The fourth-order valence-corrected chi connectivity index (χ4v) is 3.00. The van der Waals surface area contributed by atoms with Gasteiger partial charge in [0.05, 0.1) is 12.1 Å². The molecule has 19 heavy (non-hydrogen) atoms. The first-order valence-electron chi connectivity index (χ1n) is 6.46. The average molecular weight is 300 g/mol. The highest BCUT2D eigenvalue weighted by Gasteiger charge is 2.32. The van der Waals surface area contributed by atoms with Crippen molar-refractivity contribution in [3.63, 3.8) is 0 Å². The molecule has 1 heterocycles. The van der Waals surface area contributed by atoms with Crippen LogP contribution in [0.4, 0.5) is 13.2 Å². The van der Waals surface area contributed by atoms with Gasteiger partial charge in [0.15, 0.2) is 0 Å². The molecule has 3 nitrogen and oxygen atoms in total. The summed E-state index contributed by atoms with van der Waals surface area (Å²) in [5.74, 6) is 0.646. The summed E-state index contributed by atoms with van der Waals surface area (Å²) >= 11 is 1.58. The molecule has 0 spiro atoms. The van der Waals surface area contributed by atoms with Crippen LogP contribution in [0.1, 0.15) is 19.8 Å². The fraction of sp³-hybridized carbons (Fsp3) is 1.00. The second kappa shape index (κ2) is 7.15. The van der Waals surface area contributed by atoms with Gasteiger partial charge in [0, 0.05) is 18.3 Å². The van der Waals surface area contributed by atoms with Crippen molar-refractivity contribution in [2.75, 3.05) is 38.2 Å². The van der Waals surface area contributed by atoms with Crippen LogP contribution in [0.3, 0.4) is 0 Å². The van der Waals surface area contributed by atoms with E-state index in [1.165, 1.54) is 4.90 Å². The number of hydrogen-bond donors (Lipinski definition) is 2. The summed E-state index contributed by atoms with van der Waals surface area (Å²) in [6.07, 6.45) is -0.775. The van der Waals surface area contributed by atoms with Crippen LogP contribution in [-0.2, 0) is 0 Å². The molecular weight excluding hydrogens is 277 g/mol. The van der Waals surface area contributed by atoms with Gasteiger partial charge >= 0.3 is 6.18 Å². The molecule has 0 radical (unpaired) electrons. The Kier molecular flexibility index (Phi) is 6.42. The summed E-state index contributed by atoms with van der Waals surface area (Å²) < 4.78 is 36.7. The fourth-order valence-electron chi connectivity index (χ4n) is 2.27. The molecule has 0 aromatic carbocycles. The van der Waals surface area contributed by atoms with Gasteiger partial charge in [0.2, 0.25) is 0 Å². The average Bonchev–Trinajstić information content (AvgIpc) is 2.26. The standard InChI is InChI=1S/C12H23F3N2OS/c1-11(18,9-19-2)7-16-10-3-5-17(6-4-10)8-12(13,14)15/h10,16,18H,3-9H2,1-2H3. The Balaban J connectivity index is 2.23. The number of piperidine rings is 1. The first-order chi connectivity index (χ1) is 8.72. The number of hydrogen-bond acceptors (Lipinski definition) is 4. The summed E-state index contributed by atoms with van der Waals surface area (Å²) in [6.45, 7) is 2.36. The highest BCUT2D eigenvalue weighted by atomic mass is 32.2. The summed E-state index contributed by atoms with van der Waals surface area (Å²) in [4.78, 5) is 1.44. The lowest BCUT2D eigenvalue weighted by molar-refractivity contribution is -0.148. The van der Waals surface area contributed by atoms with Crippen molar-refractivity contribution >= 4 is 11.8 Å². The van der Waals surface area contributed by atoms with Gasteiger partial charge in [-0.1, -0.05) is 0 Å². The number of nitrogens with one attached hydrogen (secondary N) is 1. The first-order valence-corrected chi connectivity index (χ1v) is 7.85. The van der Waals surface area contributed by atoms with Crippen LogP contribution >= 0.6 is 11.8 Å². The van der Waals surface area contributed by atoms with Gasteiger partial charge in [-0.05, 0) is 39.1 Å². The van der Waals surface area contributed by atoms with Crippen molar-refractivity contribution in [3.05, 3.63) is 0 Å². The predicted octanol–water partition coefficient (Wildman–Crippen LogP) is 1.72. The summed E-state index contributed by atoms with van der Waals surface area (Å²) in [6, 6.07) is 0.206. The largest absolute Gasteiger partial charge is 0.401 e. The highest BCUT2D eigenvalue weighted by molar-refractivity contribution is 7.98. The second-order valence-electron chi connectivity index (χ2n) is 5.48. The van der Waals surface area contributed by atoms with E-state index in [0.717, 1.165) is 0 Å². The van der Waals surface area contributed by atoms with E-state index in [-0.39, 0.29) is 6.04 Å². The molecule has 114 valence electrons. The molecule has 1 saturated heterocycles. The molecule has 0 saturated carbocycles. The zero-order chi connectivity index (χ0) is 14.5. The number of nitrogens with zero attached hydrogens (tertiary/aromatic N) is 1. The minimum Gasteiger partial charge on any atom is -0.388 e. The van der Waals surface area contributed by atoms with Crippen LogP contribution in [-0.4, -0.2) is 66.0 Å². The second-order valence-corrected chi connectivity index (χ2v) is 6.34. The Morgan fingerprint density at radius 3 is 2.37 bits per heavy atom. The minimum absolute atomic E-state index is 0.206. The highest BCUT2D eigenvalue weighted by Crippen LogP contribution is 2.20. The maximum Gasteiger partial charge on any atom is 0.401 e. The van der Waals surface area contributed by atoms with Crippen molar-refractivity contribution in [2.45, 2.75) is 37.6 Å². The van der Waals surface area contributed by atoms with E-state index < -0.39 is 18.3 Å². The molecule has 1 fully saturated rings. The van der Waals surface area contributed by atoms with Gasteiger partial charge < -0.3 is 10.4 Å². The van der Waals surface area contributed by atoms with Gasteiger partial charge in [-0.2, -0.15) is 24.9 Å².